The van der Waals surface area contributed by atoms with Crippen LogP contribution >= 0.6 is 22.6 Å². The molecule has 2 rings (SSSR count). The fourth-order valence-electron chi connectivity index (χ4n) is 1.53. The van der Waals surface area contributed by atoms with Crippen molar-refractivity contribution in [2.45, 2.75) is 6.04 Å². The number of carbonyl (C=O) groups is 1. The molecule has 1 aliphatic rings. The molecule has 0 saturated carbocycles. The summed E-state index contributed by atoms with van der Waals surface area (Å²) in [6.45, 7) is 1.43. The van der Waals surface area contributed by atoms with E-state index in [4.69, 9.17) is 10.5 Å². The first-order valence-corrected chi connectivity index (χ1v) is 5.87. The number of morpholine rings is 1. The highest BCUT2D eigenvalue weighted by Gasteiger charge is 2.29. The standard InChI is InChI=1S/C9H11IN4O2/c10-6-3-12-9(13-4-6)14-1-2-16-5-7(14)8(11)15/h3-4,7H,1-2,5H2,(H2,11,15). The maximum Gasteiger partial charge on any atom is 0.242 e. The zero-order valence-electron chi connectivity index (χ0n) is 8.47. The molecule has 1 aliphatic heterocycles. The summed E-state index contributed by atoms with van der Waals surface area (Å²) >= 11 is 2.13. The van der Waals surface area contributed by atoms with Crippen molar-refractivity contribution in [1.82, 2.24) is 9.97 Å². The molecule has 1 amide bonds. The molecular formula is C9H11IN4O2. The van der Waals surface area contributed by atoms with Gasteiger partial charge in [-0.1, -0.05) is 0 Å². The van der Waals surface area contributed by atoms with Gasteiger partial charge in [0.15, 0.2) is 0 Å². The maximum atomic E-state index is 11.2. The molecule has 1 atom stereocenters. The first-order chi connectivity index (χ1) is 7.68. The normalized spacial score (nSPS) is 20.8. The summed E-state index contributed by atoms with van der Waals surface area (Å²) in [5.41, 5.74) is 5.31. The lowest BCUT2D eigenvalue weighted by Gasteiger charge is -2.33. The molecule has 1 aromatic heterocycles. The molecule has 0 bridgehead atoms. The molecule has 86 valence electrons. The Bertz CT molecular complexity index is 384. The molecule has 1 unspecified atom stereocenters. The summed E-state index contributed by atoms with van der Waals surface area (Å²) in [5, 5.41) is 0. The number of nitrogens with zero attached hydrogens (tertiary/aromatic N) is 3. The number of primary amides is 1. The summed E-state index contributed by atoms with van der Waals surface area (Å²) in [6.07, 6.45) is 3.41. The Kier molecular flexibility index (Phi) is 3.54. The van der Waals surface area contributed by atoms with Gasteiger partial charge in [-0.3, -0.25) is 4.79 Å². The predicted molar refractivity (Wildman–Crippen MR) is 65.9 cm³/mol. The number of halogens is 1. The van der Waals surface area contributed by atoms with E-state index >= 15 is 0 Å². The molecule has 16 heavy (non-hydrogen) atoms. The first kappa shape index (κ1) is 11.5. The van der Waals surface area contributed by atoms with Crippen molar-refractivity contribution in [3.8, 4) is 0 Å². The fourth-order valence-corrected chi connectivity index (χ4v) is 1.81. The van der Waals surface area contributed by atoms with Gasteiger partial charge in [-0.05, 0) is 22.6 Å². The topological polar surface area (TPSA) is 81.3 Å². The second-order valence-electron chi connectivity index (χ2n) is 3.39. The number of aromatic nitrogens is 2. The highest BCUT2D eigenvalue weighted by molar-refractivity contribution is 14.1. The maximum absolute atomic E-state index is 11.2. The van der Waals surface area contributed by atoms with Crippen molar-refractivity contribution in [2.24, 2.45) is 5.73 Å². The molecule has 2 N–H and O–H groups in total. The van der Waals surface area contributed by atoms with Gasteiger partial charge in [0.1, 0.15) is 6.04 Å². The number of amides is 1. The van der Waals surface area contributed by atoms with E-state index in [9.17, 15) is 4.79 Å². The van der Waals surface area contributed by atoms with E-state index < -0.39 is 11.9 Å². The highest BCUT2D eigenvalue weighted by Crippen LogP contribution is 2.15. The van der Waals surface area contributed by atoms with Crippen LogP contribution in [-0.2, 0) is 9.53 Å². The minimum absolute atomic E-state index is 0.296. The Morgan fingerprint density at radius 3 is 2.88 bits per heavy atom. The number of hydrogen-bond acceptors (Lipinski definition) is 5. The van der Waals surface area contributed by atoms with Crippen LogP contribution in [0.3, 0.4) is 0 Å². The highest BCUT2D eigenvalue weighted by atomic mass is 127. The van der Waals surface area contributed by atoms with Crippen LogP contribution in [0, 0.1) is 3.57 Å². The van der Waals surface area contributed by atoms with E-state index in [1.54, 1.807) is 17.3 Å². The lowest BCUT2D eigenvalue weighted by molar-refractivity contribution is -0.121. The monoisotopic (exact) mass is 334 g/mol. The van der Waals surface area contributed by atoms with Crippen LogP contribution in [0.15, 0.2) is 12.4 Å². The van der Waals surface area contributed by atoms with Crippen LogP contribution in [0.4, 0.5) is 5.95 Å². The number of hydrogen-bond donors (Lipinski definition) is 1. The van der Waals surface area contributed by atoms with Crippen molar-refractivity contribution < 1.29 is 9.53 Å². The quantitative estimate of drug-likeness (QED) is 0.756. The number of ether oxygens (including phenoxy) is 1. The zero-order chi connectivity index (χ0) is 11.5. The van der Waals surface area contributed by atoms with Gasteiger partial charge in [0.05, 0.1) is 13.2 Å². The summed E-state index contributed by atoms with van der Waals surface area (Å²) in [5.74, 6) is 0.106. The Balaban J connectivity index is 2.23. The van der Waals surface area contributed by atoms with E-state index in [1.165, 1.54) is 0 Å². The molecule has 7 heteroatoms. The first-order valence-electron chi connectivity index (χ1n) is 4.80. The number of rotatable bonds is 2. The van der Waals surface area contributed by atoms with Crippen LogP contribution in [-0.4, -0.2) is 41.7 Å². The van der Waals surface area contributed by atoms with E-state index in [0.717, 1.165) is 3.57 Å². The Hall–Kier alpha value is -0.960. The average Bonchev–Trinajstić information content (AvgIpc) is 2.30. The van der Waals surface area contributed by atoms with Gasteiger partial charge in [-0.25, -0.2) is 9.97 Å². The average molecular weight is 334 g/mol. The summed E-state index contributed by atoms with van der Waals surface area (Å²) in [7, 11) is 0. The Labute approximate surface area is 106 Å². The third-order valence-electron chi connectivity index (χ3n) is 2.32. The molecule has 0 spiro atoms. The second kappa shape index (κ2) is 4.91. The molecule has 2 heterocycles. The van der Waals surface area contributed by atoms with Crippen molar-refractivity contribution in [3.63, 3.8) is 0 Å². The minimum atomic E-state index is -0.478. The molecule has 0 aliphatic carbocycles. The van der Waals surface area contributed by atoms with Gasteiger partial charge >= 0.3 is 0 Å². The van der Waals surface area contributed by atoms with Crippen LogP contribution < -0.4 is 10.6 Å². The summed E-state index contributed by atoms with van der Waals surface area (Å²) in [4.78, 5) is 21.4. The van der Waals surface area contributed by atoms with Gasteiger partial charge in [0.25, 0.3) is 0 Å². The molecule has 0 radical (unpaired) electrons. The van der Waals surface area contributed by atoms with Crippen LogP contribution in [0.1, 0.15) is 0 Å². The number of nitrogens with two attached hydrogens (primary N) is 1. The molecule has 0 aromatic carbocycles. The largest absolute Gasteiger partial charge is 0.377 e. The lowest BCUT2D eigenvalue weighted by atomic mass is 10.2. The van der Waals surface area contributed by atoms with Gasteiger partial charge in [-0.15, -0.1) is 0 Å². The van der Waals surface area contributed by atoms with E-state index in [-0.39, 0.29) is 0 Å². The van der Waals surface area contributed by atoms with Gasteiger partial charge < -0.3 is 15.4 Å². The van der Waals surface area contributed by atoms with Gasteiger partial charge in [-0.2, -0.15) is 0 Å². The van der Waals surface area contributed by atoms with E-state index in [0.29, 0.717) is 25.7 Å². The Morgan fingerprint density at radius 2 is 2.25 bits per heavy atom. The van der Waals surface area contributed by atoms with Crippen molar-refractivity contribution >= 4 is 34.4 Å². The fraction of sp³-hybridized carbons (Fsp3) is 0.444. The molecule has 1 fully saturated rings. The van der Waals surface area contributed by atoms with E-state index in [1.807, 2.05) is 0 Å². The number of carbonyl (C=O) groups excluding carboxylic acids is 1. The molecule has 6 nitrogen and oxygen atoms in total. The van der Waals surface area contributed by atoms with Crippen LogP contribution in [0.25, 0.3) is 0 Å². The second-order valence-corrected chi connectivity index (χ2v) is 4.63. The molecular weight excluding hydrogens is 323 g/mol. The SMILES string of the molecule is NC(=O)C1COCCN1c1ncc(I)cn1. The van der Waals surface area contributed by atoms with Crippen LogP contribution in [0.5, 0.6) is 0 Å². The number of anilines is 1. The minimum Gasteiger partial charge on any atom is -0.377 e. The van der Waals surface area contributed by atoms with E-state index in [2.05, 4.69) is 32.6 Å². The summed E-state index contributed by atoms with van der Waals surface area (Å²) < 4.78 is 6.17. The predicted octanol–water partition coefficient (Wildman–Crippen LogP) is -0.228. The van der Waals surface area contributed by atoms with Crippen molar-refractivity contribution in [3.05, 3.63) is 16.0 Å². The van der Waals surface area contributed by atoms with Crippen molar-refractivity contribution in [1.29, 1.82) is 0 Å². The molecule has 1 saturated heterocycles. The van der Waals surface area contributed by atoms with Gasteiger partial charge in [0.2, 0.25) is 11.9 Å². The molecule has 1 aromatic rings. The smallest absolute Gasteiger partial charge is 0.242 e. The lowest BCUT2D eigenvalue weighted by Crippen LogP contribution is -2.53. The summed E-state index contributed by atoms with van der Waals surface area (Å²) in [6, 6.07) is -0.478. The third kappa shape index (κ3) is 2.40. The third-order valence-corrected chi connectivity index (χ3v) is 2.88. The Morgan fingerprint density at radius 1 is 1.56 bits per heavy atom. The van der Waals surface area contributed by atoms with Crippen molar-refractivity contribution in [2.75, 3.05) is 24.7 Å². The zero-order valence-corrected chi connectivity index (χ0v) is 10.6. The van der Waals surface area contributed by atoms with Crippen LogP contribution in [0.2, 0.25) is 0 Å². The van der Waals surface area contributed by atoms with Gasteiger partial charge in [0, 0.05) is 22.5 Å².